The van der Waals surface area contributed by atoms with Crippen LogP contribution in [0.4, 0.5) is 13.2 Å². The number of halogens is 5. The molecule has 1 saturated heterocycles. The van der Waals surface area contributed by atoms with Crippen molar-refractivity contribution >= 4 is 73.7 Å². The zero-order valence-corrected chi connectivity index (χ0v) is 47.1. The van der Waals surface area contributed by atoms with Crippen molar-refractivity contribution in [3.05, 3.63) is 23.8 Å². The van der Waals surface area contributed by atoms with Crippen LogP contribution < -0.4 is 10.6 Å². The molecule has 0 unspecified atom stereocenters. The molecule has 21 heteroatoms. The summed E-state index contributed by atoms with van der Waals surface area (Å²) in [6.07, 6.45) is 12.0. The van der Waals surface area contributed by atoms with Crippen molar-refractivity contribution in [1.29, 1.82) is 0 Å². The molecule has 4 rings (SSSR count). The number of ether oxygens (including phenoxy) is 2. The van der Waals surface area contributed by atoms with Crippen molar-refractivity contribution in [3.8, 4) is 0 Å². The van der Waals surface area contributed by atoms with E-state index in [1.165, 1.54) is 18.9 Å². The van der Waals surface area contributed by atoms with Gasteiger partial charge in [-0.2, -0.15) is 21.6 Å². The highest BCUT2D eigenvalue weighted by Crippen LogP contribution is 2.48. The molecule has 13 nitrogen and oxygen atoms in total. The van der Waals surface area contributed by atoms with Crippen LogP contribution >= 0.6 is 23.2 Å². The Morgan fingerprint density at radius 1 is 0.765 bits per heavy atom. The lowest BCUT2D eigenvalue weighted by Crippen LogP contribution is -2.66. The molecule has 0 bridgehead atoms. The maximum atomic E-state index is 13.5. The molecule has 0 radical (unpaired) electrons. The average Bonchev–Trinajstić information content (AvgIpc) is 3.68. The molecule has 4 aliphatic rings. The second-order valence-electron chi connectivity index (χ2n) is 21.2. The van der Waals surface area contributed by atoms with Crippen LogP contribution in [0.3, 0.4) is 0 Å². The van der Waals surface area contributed by atoms with Crippen LogP contribution in [0.15, 0.2) is 23.8 Å². The van der Waals surface area contributed by atoms with Gasteiger partial charge in [0.05, 0.1) is 37.9 Å². The predicted octanol–water partition coefficient (Wildman–Crippen LogP) is 10.6. The Balaban J connectivity index is 0.000000385. The highest BCUT2D eigenvalue weighted by atomic mass is 35.5. The van der Waals surface area contributed by atoms with E-state index in [1.54, 1.807) is 13.8 Å². The standard InChI is InChI=1S/C23H40ClNO4Si.C21H37NO4Si.C3H4ClF3O3S/c1-8-28-21(27)23(16(2)18(14-15-24)20(26)25-23)19(17-12-10-9-11-13-17)29-30(6,7)22(3,4)5;1-8-25-19(24)21(15(2)14-17(23)22-21)18(16-12-10-9-11-13-16)26-27(6,7)20(3,4)5;4-1-2-10-11(8,9)3(5,6)7/h17-19H,2,8-15H2,1,3-7H3,(H,25,26);14,16,18H,8-13H2,1-7H3,(H,22,23);1-2H2/t18-,19+,23+;18-,21-;/m10./s1. The van der Waals surface area contributed by atoms with Crippen LogP contribution in [-0.4, -0.2) is 109 Å². The summed E-state index contributed by atoms with van der Waals surface area (Å²) in [6.45, 7) is 31.5. The summed E-state index contributed by atoms with van der Waals surface area (Å²) in [7, 11) is -9.87. The number of hydrogen-bond donors (Lipinski definition) is 2. The minimum Gasteiger partial charge on any atom is -0.464 e. The van der Waals surface area contributed by atoms with Gasteiger partial charge in [0.25, 0.3) is 0 Å². The Hall–Kier alpha value is -2.01. The minimum absolute atomic E-state index is 0.00992. The zero-order valence-electron chi connectivity index (χ0n) is 42.8. The predicted molar refractivity (Wildman–Crippen MR) is 266 cm³/mol. The van der Waals surface area contributed by atoms with E-state index in [1.807, 2.05) is 6.92 Å². The number of nitrogens with one attached hydrogen (secondary N) is 2. The van der Waals surface area contributed by atoms with E-state index in [0.29, 0.717) is 23.4 Å². The molecule has 2 saturated carbocycles. The van der Waals surface area contributed by atoms with Crippen LogP contribution in [-0.2, 0) is 51.8 Å². The van der Waals surface area contributed by atoms with Gasteiger partial charge in [0.2, 0.25) is 11.8 Å². The zero-order chi connectivity index (χ0) is 52.3. The van der Waals surface area contributed by atoms with Crippen LogP contribution in [0.1, 0.15) is 133 Å². The fourth-order valence-corrected chi connectivity index (χ4v) is 12.2. The SMILES string of the molecule is C=C1[C@@H](CCCl)C(=O)N[C@]1(C(=O)OCC)[C@@H](O[Si](C)(C)C(C)(C)C)C1CCCCC1.CCOC(=O)[C@]1([C@@H](O[Si](C)(C)C(C)(C)C)C2CCCCC2)NC(=O)C=C1C.O=S(=O)(OCCCl)C(F)(F)F. The number of amides is 2. The monoisotopic (exact) mass is 1060 g/mol. The molecule has 0 aromatic carbocycles. The molecule has 2 aliphatic heterocycles. The van der Waals surface area contributed by atoms with Gasteiger partial charge in [0.15, 0.2) is 27.7 Å². The molecule has 0 aromatic rings. The van der Waals surface area contributed by atoms with Crippen molar-refractivity contribution in [2.24, 2.45) is 17.8 Å². The molecule has 0 aromatic heterocycles. The summed E-state index contributed by atoms with van der Waals surface area (Å²) >= 11 is 10.9. The van der Waals surface area contributed by atoms with Crippen molar-refractivity contribution in [2.75, 3.05) is 31.6 Å². The largest absolute Gasteiger partial charge is 0.523 e. The summed E-state index contributed by atoms with van der Waals surface area (Å²) in [5.41, 5.74) is -6.65. The molecule has 2 amide bonds. The molecule has 5 atom stereocenters. The van der Waals surface area contributed by atoms with Gasteiger partial charge in [0.1, 0.15) is 0 Å². The van der Waals surface area contributed by atoms with Crippen molar-refractivity contribution in [3.63, 3.8) is 0 Å². The Labute approximate surface area is 416 Å². The number of carbonyl (C=O) groups is 4. The van der Waals surface area contributed by atoms with Crippen LogP contribution in [0.5, 0.6) is 0 Å². The molecular formula is C47H81Cl2F3N2O11SSi2. The molecule has 3 fully saturated rings. The first-order valence-electron chi connectivity index (χ1n) is 24.0. The highest BCUT2D eigenvalue weighted by molar-refractivity contribution is 7.87. The third kappa shape index (κ3) is 14.8. The maximum absolute atomic E-state index is 13.5. The van der Waals surface area contributed by atoms with Gasteiger partial charge in [-0.25, -0.2) is 9.59 Å². The number of rotatable bonds is 17. The van der Waals surface area contributed by atoms with E-state index in [9.17, 15) is 40.8 Å². The molecule has 394 valence electrons. The first-order valence-corrected chi connectivity index (χ1v) is 32.3. The van der Waals surface area contributed by atoms with Crippen molar-refractivity contribution in [1.82, 2.24) is 10.6 Å². The Kier molecular flexibility index (Phi) is 22.9. The quantitative estimate of drug-likeness (QED) is 0.0355. The van der Waals surface area contributed by atoms with Gasteiger partial charge >= 0.3 is 27.6 Å². The molecule has 2 heterocycles. The van der Waals surface area contributed by atoms with E-state index in [4.69, 9.17) is 41.5 Å². The third-order valence-electron chi connectivity index (χ3n) is 14.5. The van der Waals surface area contributed by atoms with Gasteiger partial charge in [-0.05, 0) is 112 Å². The number of esters is 2. The van der Waals surface area contributed by atoms with Gasteiger partial charge in [-0.1, -0.05) is 86.6 Å². The van der Waals surface area contributed by atoms with Gasteiger partial charge in [-0.15, -0.1) is 23.2 Å². The fourth-order valence-electron chi connectivity index (χ4n) is 8.66. The summed E-state index contributed by atoms with van der Waals surface area (Å²) in [4.78, 5) is 52.0. The topological polar surface area (TPSA) is 173 Å². The summed E-state index contributed by atoms with van der Waals surface area (Å²) in [5, 5.41) is 5.98. The van der Waals surface area contributed by atoms with Crippen molar-refractivity contribution in [2.45, 2.75) is 198 Å². The number of carbonyl (C=O) groups excluding carboxylic acids is 4. The highest BCUT2D eigenvalue weighted by Gasteiger charge is 2.62. The lowest BCUT2D eigenvalue weighted by Gasteiger charge is -2.48. The van der Waals surface area contributed by atoms with Crippen molar-refractivity contribution < 1.29 is 63.3 Å². The Bertz CT molecular complexity index is 1880. The second kappa shape index (κ2) is 25.1. The van der Waals surface area contributed by atoms with Gasteiger partial charge < -0.3 is 29.0 Å². The average molecular weight is 1070 g/mol. The molecule has 68 heavy (non-hydrogen) atoms. The Morgan fingerprint density at radius 3 is 1.51 bits per heavy atom. The number of alkyl halides is 5. The van der Waals surface area contributed by atoms with E-state index >= 15 is 0 Å². The van der Waals surface area contributed by atoms with E-state index in [2.05, 4.69) is 89.1 Å². The van der Waals surface area contributed by atoms with Gasteiger partial charge in [0, 0.05) is 17.8 Å². The lowest BCUT2D eigenvalue weighted by molar-refractivity contribution is -0.157. The summed E-state index contributed by atoms with van der Waals surface area (Å²) < 4.78 is 82.5. The molecule has 2 N–H and O–H groups in total. The number of hydrogen-bond acceptors (Lipinski definition) is 11. The van der Waals surface area contributed by atoms with E-state index in [-0.39, 0.29) is 64.9 Å². The molecule has 2 aliphatic carbocycles. The fraction of sp³-hybridized carbons (Fsp3) is 0.830. The summed E-state index contributed by atoms with van der Waals surface area (Å²) in [5.74, 6) is -1.35. The van der Waals surface area contributed by atoms with Crippen LogP contribution in [0, 0.1) is 17.8 Å². The first-order chi connectivity index (χ1) is 31.2. The van der Waals surface area contributed by atoms with E-state index in [0.717, 1.165) is 51.4 Å². The third-order valence-corrected chi connectivity index (χ3v) is 24.8. The first kappa shape index (κ1) is 62.1. The molecular weight excluding hydrogens is 985 g/mol. The van der Waals surface area contributed by atoms with E-state index < -0.39 is 67.9 Å². The normalized spacial score (nSPS) is 24.4. The maximum Gasteiger partial charge on any atom is 0.523 e. The van der Waals surface area contributed by atoms with Gasteiger partial charge in [-0.3, -0.25) is 13.8 Å². The second-order valence-corrected chi connectivity index (χ2v) is 33.1. The smallest absolute Gasteiger partial charge is 0.464 e. The lowest BCUT2D eigenvalue weighted by atomic mass is 9.73. The van der Waals surface area contributed by atoms with Crippen LogP contribution in [0.25, 0.3) is 0 Å². The minimum atomic E-state index is -5.44. The van der Waals surface area contributed by atoms with Crippen LogP contribution in [0.2, 0.25) is 36.3 Å². The molecule has 0 spiro atoms. The Morgan fingerprint density at radius 2 is 1.18 bits per heavy atom. The summed E-state index contributed by atoms with van der Waals surface area (Å²) in [6, 6.07) is 0.